The van der Waals surface area contributed by atoms with Crippen LogP contribution in [0.15, 0.2) is 140 Å². The van der Waals surface area contributed by atoms with Crippen LogP contribution in [-0.2, 0) is 11.8 Å². The molecule has 0 aromatic heterocycles. The van der Waals surface area contributed by atoms with Crippen molar-refractivity contribution in [1.82, 2.24) is 0 Å². The quantitative estimate of drug-likeness (QED) is 0.0843. The number of unbranched alkanes of at least 4 members (excludes halogenated alkanes) is 6. The Morgan fingerprint density at radius 1 is 0.391 bits per heavy atom. The number of nitrogens with zero attached hydrogens (tertiary/aromatic N) is 2. The van der Waals surface area contributed by atoms with Crippen LogP contribution < -0.4 is 9.80 Å². The zero-order valence-electron chi connectivity index (χ0n) is 40.2. The van der Waals surface area contributed by atoms with E-state index in [1.807, 2.05) is 0 Å². The first-order valence-electron chi connectivity index (χ1n) is 24.3. The predicted molar refractivity (Wildman–Crippen MR) is 277 cm³/mol. The van der Waals surface area contributed by atoms with E-state index in [2.05, 4.69) is 212 Å². The van der Waals surface area contributed by atoms with Gasteiger partial charge in [-0.25, -0.2) is 0 Å². The zero-order chi connectivity index (χ0) is 45.0. The fourth-order valence-corrected chi connectivity index (χ4v) is 11.2. The molecule has 0 bridgehead atoms. The van der Waals surface area contributed by atoms with Gasteiger partial charge in [-0.2, -0.15) is 0 Å². The Morgan fingerprint density at radius 2 is 0.828 bits per heavy atom. The maximum Gasteiger partial charge on any atom is 0.0520 e. The van der Waals surface area contributed by atoms with Gasteiger partial charge in [0.05, 0.1) is 11.4 Å². The highest BCUT2D eigenvalue weighted by molar-refractivity contribution is 5.91. The largest absolute Gasteiger partial charge is 0.310 e. The molecule has 64 heavy (non-hydrogen) atoms. The molecule has 0 heterocycles. The third kappa shape index (κ3) is 8.82. The van der Waals surface area contributed by atoms with E-state index < -0.39 is 0 Å². The lowest BCUT2D eigenvalue weighted by molar-refractivity contribution is 0.515. The topological polar surface area (TPSA) is 6.48 Å². The van der Waals surface area contributed by atoms with Crippen LogP contribution in [0.5, 0.6) is 0 Å². The van der Waals surface area contributed by atoms with Crippen LogP contribution in [0.4, 0.5) is 34.1 Å². The van der Waals surface area contributed by atoms with Crippen molar-refractivity contribution in [2.45, 2.75) is 132 Å². The summed E-state index contributed by atoms with van der Waals surface area (Å²) in [6.07, 6.45) is 12.0. The first-order chi connectivity index (χ1) is 31.0. The van der Waals surface area contributed by atoms with Crippen molar-refractivity contribution in [3.63, 3.8) is 0 Å². The molecule has 0 aliphatic heterocycles. The number of hydrogen-bond acceptors (Lipinski definition) is 2. The van der Waals surface area contributed by atoms with Crippen molar-refractivity contribution in [1.29, 1.82) is 0 Å². The Hall–Kier alpha value is -5.86. The Kier molecular flexibility index (Phi) is 13.6. The highest BCUT2D eigenvalue weighted by atomic mass is 15.2. The molecule has 1 aliphatic rings. The summed E-state index contributed by atoms with van der Waals surface area (Å²) in [5.41, 5.74) is 24.5. The van der Waals surface area contributed by atoms with E-state index in [1.54, 1.807) is 0 Å². The van der Waals surface area contributed by atoms with Crippen LogP contribution in [0.2, 0.25) is 0 Å². The lowest BCUT2D eigenvalue weighted by atomic mass is 9.68. The van der Waals surface area contributed by atoms with Gasteiger partial charge in [-0.3, -0.25) is 0 Å². The Morgan fingerprint density at radius 3 is 1.28 bits per heavy atom. The summed E-state index contributed by atoms with van der Waals surface area (Å²) in [7, 11) is 0. The Bertz CT molecular complexity index is 2530. The molecule has 0 amide bonds. The standard InChI is InChI=1S/C62H70N2/c1-10-12-14-18-24-50-38-45(5)39-51(40-50)62(33-23-15-13-11-2)58-41-54(63(52-25-19-16-20-26-52)60-46(6)34-43(3)35-47(60)7)29-31-56(58)57-32-30-55(42-59(57)62)64(53-27-21-17-22-28-53)61-48(8)36-44(4)37-49(61)9/h16-17,19-22,25-32,34-42H,10-15,18,23-24,33H2,1-9H3. The van der Waals surface area contributed by atoms with Gasteiger partial charge in [0, 0.05) is 28.2 Å². The molecule has 328 valence electrons. The molecule has 0 radical (unpaired) electrons. The third-order valence-electron chi connectivity index (χ3n) is 13.8. The van der Waals surface area contributed by atoms with Crippen molar-refractivity contribution in [2.75, 3.05) is 9.80 Å². The fraction of sp³-hybridized carbons (Fsp3) is 0.323. The van der Waals surface area contributed by atoms with Crippen molar-refractivity contribution >= 4 is 34.1 Å². The molecule has 0 N–H and O–H groups in total. The highest BCUT2D eigenvalue weighted by Gasteiger charge is 2.45. The van der Waals surface area contributed by atoms with E-state index in [1.165, 1.54) is 151 Å². The van der Waals surface area contributed by atoms with E-state index in [9.17, 15) is 0 Å². The average Bonchev–Trinajstić information content (AvgIpc) is 3.55. The number of benzene rings is 7. The minimum atomic E-state index is -0.367. The van der Waals surface area contributed by atoms with E-state index >= 15 is 0 Å². The lowest BCUT2D eigenvalue weighted by Gasteiger charge is -2.36. The van der Waals surface area contributed by atoms with E-state index in [0.717, 1.165) is 19.3 Å². The monoisotopic (exact) mass is 843 g/mol. The van der Waals surface area contributed by atoms with Crippen LogP contribution in [0.3, 0.4) is 0 Å². The number of rotatable bonds is 17. The van der Waals surface area contributed by atoms with Gasteiger partial charge in [0.1, 0.15) is 0 Å². The normalized spacial score (nSPS) is 12.6. The molecule has 0 spiro atoms. The SMILES string of the molecule is CCCCCCc1cc(C)cc(C2(CCCCCC)c3cc(N(c4ccccc4)c4c(C)cc(C)cc4C)ccc3-c3ccc(N(c4ccccc4)c4c(C)cc(C)cc4C)cc32)c1. The Balaban J connectivity index is 1.42. The summed E-state index contributed by atoms with van der Waals surface area (Å²) in [5.74, 6) is 0. The average molecular weight is 843 g/mol. The summed E-state index contributed by atoms with van der Waals surface area (Å²) in [4.78, 5) is 5.05. The predicted octanol–water partition coefficient (Wildman–Crippen LogP) is 18.2. The molecule has 0 fully saturated rings. The third-order valence-corrected chi connectivity index (χ3v) is 13.8. The summed E-state index contributed by atoms with van der Waals surface area (Å²) in [6.45, 7) is 20.5. The summed E-state index contributed by atoms with van der Waals surface area (Å²) < 4.78 is 0. The summed E-state index contributed by atoms with van der Waals surface area (Å²) in [6, 6.07) is 53.9. The van der Waals surface area contributed by atoms with Gasteiger partial charge in [-0.05, 0) is 172 Å². The van der Waals surface area contributed by atoms with Crippen molar-refractivity contribution < 1.29 is 0 Å². The molecule has 0 unspecified atom stereocenters. The fourth-order valence-electron chi connectivity index (χ4n) is 11.2. The first kappa shape index (κ1) is 44.7. The maximum absolute atomic E-state index is 2.61. The first-order valence-corrected chi connectivity index (χ1v) is 24.3. The van der Waals surface area contributed by atoms with Gasteiger partial charge in [0.15, 0.2) is 0 Å². The molecule has 8 rings (SSSR count). The summed E-state index contributed by atoms with van der Waals surface area (Å²) in [5, 5.41) is 0. The number of anilines is 6. The van der Waals surface area contributed by atoms with Crippen LogP contribution in [-0.4, -0.2) is 0 Å². The van der Waals surface area contributed by atoms with E-state index in [-0.39, 0.29) is 5.41 Å². The van der Waals surface area contributed by atoms with Crippen LogP contribution in [0.1, 0.15) is 133 Å². The van der Waals surface area contributed by atoms with Gasteiger partial charge >= 0.3 is 0 Å². The number of fused-ring (bicyclic) bond motifs is 3. The van der Waals surface area contributed by atoms with Gasteiger partial charge in [-0.1, -0.05) is 166 Å². The Labute approximate surface area is 386 Å². The number of aryl methyl sites for hydroxylation is 8. The molecule has 1 aliphatic carbocycles. The molecule has 2 heteroatoms. The van der Waals surface area contributed by atoms with Crippen LogP contribution in [0.25, 0.3) is 11.1 Å². The highest BCUT2D eigenvalue weighted by Crippen LogP contribution is 2.58. The number of hydrogen-bond donors (Lipinski definition) is 0. The van der Waals surface area contributed by atoms with Gasteiger partial charge in [0.25, 0.3) is 0 Å². The molecule has 0 saturated heterocycles. The second kappa shape index (κ2) is 19.5. The van der Waals surface area contributed by atoms with Gasteiger partial charge < -0.3 is 9.80 Å². The van der Waals surface area contributed by atoms with Crippen molar-refractivity contribution in [3.8, 4) is 11.1 Å². The van der Waals surface area contributed by atoms with Crippen LogP contribution >= 0.6 is 0 Å². The van der Waals surface area contributed by atoms with Crippen molar-refractivity contribution in [2.24, 2.45) is 0 Å². The minimum Gasteiger partial charge on any atom is -0.310 e. The van der Waals surface area contributed by atoms with Gasteiger partial charge in [-0.15, -0.1) is 0 Å². The lowest BCUT2D eigenvalue weighted by Crippen LogP contribution is -2.28. The minimum absolute atomic E-state index is 0.367. The van der Waals surface area contributed by atoms with E-state index in [0.29, 0.717) is 0 Å². The molecular weight excluding hydrogens is 773 g/mol. The summed E-state index contributed by atoms with van der Waals surface area (Å²) >= 11 is 0. The molecule has 7 aromatic rings. The molecule has 0 saturated carbocycles. The van der Waals surface area contributed by atoms with Gasteiger partial charge in [0.2, 0.25) is 0 Å². The molecule has 2 nitrogen and oxygen atoms in total. The van der Waals surface area contributed by atoms with E-state index in [4.69, 9.17) is 0 Å². The molecule has 7 aromatic carbocycles. The zero-order valence-corrected chi connectivity index (χ0v) is 40.2. The number of para-hydroxylation sites is 2. The van der Waals surface area contributed by atoms with Crippen molar-refractivity contribution in [3.05, 3.63) is 201 Å². The molecular formula is C62H70N2. The van der Waals surface area contributed by atoms with Crippen LogP contribution in [0, 0.1) is 48.5 Å². The second-order valence-corrected chi connectivity index (χ2v) is 19.0. The second-order valence-electron chi connectivity index (χ2n) is 19.0. The maximum atomic E-state index is 2.61. The molecule has 0 atom stereocenters. The smallest absolute Gasteiger partial charge is 0.0520 e.